The van der Waals surface area contributed by atoms with Crippen molar-refractivity contribution in [2.24, 2.45) is 0 Å². The Labute approximate surface area is 117 Å². The summed E-state index contributed by atoms with van der Waals surface area (Å²) in [5.74, 6) is 0. The van der Waals surface area contributed by atoms with Gasteiger partial charge in [-0.1, -0.05) is 72.6 Å². The topological polar surface area (TPSA) is 12.0 Å². The van der Waals surface area contributed by atoms with Gasteiger partial charge in [-0.3, -0.25) is 0 Å². The average Bonchev–Trinajstić information content (AvgIpc) is 2.40. The van der Waals surface area contributed by atoms with Gasteiger partial charge < -0.3 is 4.98 Å². The molecule has 0 aromatic heterocycles. The van der Waals surface area contributed by atoms with Crippen LogP contribution in [-0.4, -0.2) is 14.8 Å². The molecule has 0 aromatic carbocycles. The fourth-order valence-corrected chi connectivity index (χ4v) is 7.79. The smallest absolute Gasteiger partial charge is 0.125 e. The molecule has 110 valence electrons. The molecule has 0 fully saturated rings. The highest BCUT2D eigenvalue weighted by Crippen LogP contribution is 2.25. The third kappa shape index (κ3) is 8.31. The summed E-state index contributed by atoms with van der Waals surface area (Å²) in [5, 5.41) is 0. The summed E-state index contributed by atoms with van der Waals surface area (Å²) >= 11 is 0. The second kappa shape index (κ2) is 12.2. The van der Waals surface area contributed by atoms with Crippen LogP contribution < -0.4 is 4.98 Å². The maximum absolute atomic E-state index is 4.08. The molecule has 0 aliphatic heterocycles. The fraction of sp³-hybridized carbons (Fsp3) is 1.00. The van der Waals surface area contributed by atoms with E-state index in [2.05, 4.69) is 32.7 Å². The summed E-state index contributed by atoms with van der Waals surface area (Å²) in [7, 11) is -1.15. The maximum Gasteiger partial charge on any atom is 0.125 e. The van der Waals surface area contributed by atoms with Gasteiger partial charge in [0.15, 0.2) is 0 Å². The minimum Gasteiger partial charge on any atom is -0.337 e. The first-order valence-electron chi connectivity index (χ1n) is 8.49. The Morgan fingerprint density at radius 3 is 1.33 bits per heavy atom. The lowest BCUT2D eigenvalue weighted by Crippen LogP contribution is -2.50. The first-order chi connectivity index (χ1) is 8.74. The van der Waals surface area contributed by atoms with E-state index in [0.29, 0.717) is 0 Å². The normalized spacial score (nSPS) is 12.0. The predicted molar refractivity (Wildman–Crippen MR) is 87.8 cm³/mol. The van der Waals surface area contributed by atoms with Crippen LogP contribution in [0.25, 0.3) is 0 Å². The zero-order valence-corrected chi connectivity index (χ0v) is 14.5. The quantitative estimate of drug-likeness (QED) is 0.333. The van der Waals surface area contributed by atoms with Gasteiger partial charge >= 0.3 is 0 Å². The van der Waals surface area contributed by atoms with E-state index in [1.807, 2.05) is 0 Å². The van der Waals surface area contributed by atoms with Crippen LogP contribution in [-0.2, 0) is 0 Å². The molecule has 0 saturated carbocycles. The zero-order chi connectivity index (χ0) is 13.7. The molecule has 18 heavy (non-hydrogen) atoms. The minimum absolute atomic E-state index is 1.15. The molecule has 1 N–H and O–H groups in total. The summed E-state index contributed by atoms with van der Waals surface area (Å²) in [6, 6.07) is 4.56. The number of hydrogen-bond acceptors (Lipinski definition) is 1. The van der Waals surface area contributed by atoms with Crippen molar-refractivity contribution in [1.29, 1.82) is 0 Å². The summed E-state index contributed by atoms with van der Waals surface area (Å²) in [4.78, 5) is 4.08. The van der Waals surface area contributed by atoms with Crippen LogP contribution in [0.2, 0.25) is 18.1 Å². The molecule has 2 heteroatoms. The Kier molecular flexibility index (Phi) is 12.3. The molecule has 0 radical (unpaired) electrons. The third-order valence-corrected chi connectivity index (χ3v) is 8.99. The highest BCUT2D eigenvalue weighted by molar-refractivity contribution is 6.77. The number of rotatable bonds is 13. The summed E-state index contributed by atoms with van der Waals surface area (Å²) < 4.78 is 0. The zero-order valence-electron chi connectivity index (χ0n) is 13.5. The summed E-state index contributed by atoms with van der Waals surface area (Å²) in [5.41, 5.74) is 0. The Balaban J connectivity index is 4.41. The third-order valence-electron chi connectivity index (χ3n) is 4.06. The lowest BCUT2D eigenvalue weighted by Gasteiger charge is -2.33. The first kappa shape index (κ1) is 18.2. The summed E-state index contributed by atoms with van der Waals surface area (Å²) in [6.45, 7) is 10.6. The van der Waals surface area contributed by atoms with Crippen molar-refractivity contribution in [3.05, 3.63) is 0 Å². The van der Waals surface area contributed by atoms with Crippen LogP contribution in [0.15, 0.2) is 0 Å². The lowest BCUT2D eigenvalue weighted by molar-refractivity contribution is 0.707. The average molecular weight is 272 g/mol. The fourth-order valence-electron chi connectivity index (χ4n) is 2.72. The number of hydrogen-bond donors (Lipinski definition) is 1. The molecule has 0 bridgehead atoms. The van der Waals surface area contributed by atoms with Crippen molar-refractivity contribution in [3.8, 4) is 0 Å². The molecule has 0 heterocycles. The van der Waals surface area contributed by atoms with Crippen molar-refractivity contribution in [2.75, 3.05) is 6.54 Å². The maximum atomic E-state index is 4.08. The SMILES string of the molecule is CCCCN[Si](CCCC)(CCCC)CCCC. The molecule has 0 rings (SSSR count). The second-order valence-corrected chi connectivity index (χ2v) is 10.3. The van der Waals surface area contributed by atoms with Crippen LogP contribution in [0.3, 0.4) is 0 Å². The molecular weight excluding hydrogens is 234 g/mol. The van der Waals surface area contributed by atoms with Gasteiger partial charge in [-0.2, -0.15) is 0 Å². The highest BCUT2D eigenvalue weighted by Gasteiger charge is 2.30. The van der Waals surface area contributed by atoms with Crippen molar-refractivity contribution < 1.29 is 0 Å². The van der Waals surface area contributed by atoms with Crippen LogP contribution in [0.5, 0.6) is 0 Å². The molecule has 0 atom stereocenters. The van der Waals surface area contributed by atoms with E-state index in [9.17, 15) is 0 Å². The highest BCUT2D eigenvalue weighted by atomic mass is 28.3. The van der Waals surface area contributed by atoms with Gasteiger partial charge in [-0.05, 0) is 31.1 Å². The van der Waals surface area contributed by atoms with E-state index in [1.165, 1.54) is 76.0 Å². The predicted octanol–water partition coefficient (Wildman–Crippen LogP) is 5.72. The van der Waals surface area contributed by atoms with Gasteiger partial charge in [0.1, 0.15) is 8.24 Å². The molecule has 0 spiro atoms. The van der Waals surface area contributed by atoms with Crippen LogP contribution >= 0.6 is 0 Å². The summed E-state index contributed by atoms with van der Waals surface area (Å²) in [6.07, 6.45) is 11.1. The number of nitrogens with one attached hydrogen (secondary N) is 1. The second-order valence-electron chi connectivity index (χ2n) is 5.87. The van der Waals surface area contributed by atoms with E-state index < -0.39 is 8.24 Å². The first-order valence-corrected chi connectivity index (χ1v) is 11.1. The molecule has 0 unspecified atom stereocenters. The lowest BCUT2D eigenvalue weighted by atomic mass is 10.3. The van der Waals surface area contributed by atoms with E-state index in [1.54, 1.807) is 0 Å². The molecule has 0 aromatic rings. The number of unbranched alkanes of at least 4 members (excludes halogenated alkanes) is 4. The van der Waals surface area contributed by atoms with Gasteiger partial charge in [-0.15, -0.1) is 0 Å². The van der Waals surface area contributed by atoms with E-state index in [0.717, 1.165) is 0 Å². The van der Waals surface area contributed by atoms with Crippen molar-refractivity contribution >= 4 is 8.24 Å². The van der Waals surface area contributed by atoms with E-state index in [4.69, 9.17) is 0 Å². The van der Waals surface area contributed by atoms with Crippen LogP contribution in [0.4, 0.5) is 0 Å². The Morgan fingerprint density at radius 2 is 1.00 bits per heavy atom. The Hall–Kier alpha value is 0.177. The van der Waals surface area contributed by atoms with Crippen molar-refractivity contribution in [3.63, 3.8) is 0 Å². The van der Waals surface area contributed by atoms with Gasteiger partial charge in [0.25, 0.3) is 0 Å². The van der Waals surface area contributed by atoms with Gasteiger partial charge in [-0.25, -0.2) is 0 Å². The van der Waals surface area contributed by atoms with E-state index in [-0.39, 0.29) is 0 Å². The standard InChI is InChI=1S/C16H37NSi/c1-5-9-13-17-18(14-10-6-2,15-11-7-3)16-12-8-4/h17H,5-16H2,1-4H3. The molecule has 0 aliphatic carbocycles. The van der Waals surface area contributed by atoms with E-state index >= 15 is 0 Å². The monoisotopic (exact) mass is 271 g/mol. The minimum atomic E-state index is -1.15. The van der Waals surface area contributed by atoms with Crippen LogP contribution in [0, 0.1) is 0 Å². The molecule has 0 saturated heterocycles. The van der Waals surface area contributed by atoms with Gasteiger partial charge in [0, 0.05) is 0 Å². The molecule has 0 aliphatic rings. The largest absolute Gasteiger partial charge is 0.337 e. The van der Waals surface area contributed by atoms with Crippen molar-refractivity contribution in [1.82, 2.24) is 4.98 Å². The molecular formula is C16H37NSi. The van der Waals surface area contributed by atoms with Gasteiger partial charge in [0.05, 0.1) is 0 Å². The Morgan fingerprint density at radius 1 is 0.611 bits per heavy atom. The molecule has 1 nitrogen and oxygen atoms in total. The molecule has 0 amide bonds. The van der Waals surface area contributed by atoms with Gasteiger partial charge in [0.2, 0.25) is 0 Å². The Bertz CT molecular complexity index is 149. The van der Waals surface area contributed by atoms with Crippen molar-refractivity contribution in [2.45, 2.75) is 97.2 Å². The van der Waals surface area contributed by atoms with Crippen LogP contribution in [0.1, 0.15) is 79.1 Å².